The van der Waals surface area contributed by atoms with Crippen molar-refractivity contribution in [2.24, 2.45) is 7.05 Å². The van der Waals surface area contributed by atoms with Crippen LogP contribution in [0.3, 0.4) is 0 Å². The van der Waals surface area contributed by atoms with Crippen molar-refractivity contribution >= 4 is 5.69 Å². The minimum absolute atomic E-state index is 0.0915. The Bertz CT molecular complexity index is 539. The highest BCUT2D eigenvalue weighted by Crippen LogP contribution is 2.24. The smallest absolute Gasteiger partial charge is 0.165 e. The number of halogens is 1. The number of rotatable bonds is 4. The SMILES string of the molecule is COc1cc(NC(C)c2cnn(C)c2)ccc1F. The Kier molecular flexibility index (Phi) is 3.50. The number of aryl methyl sites for hydroxylation is 1. The molecule has 4 nitrogen and oxygen atoms in total. The predicted octanol–water partition coefficient (Wildman–Crippen LogP) is 2.74. The van der Waals surface area contributed by atoms with Gasteiger partial charge in [-0.2, -0.15) is 5.10 Å². The van der Waals surface area contributed by atoms with Crippen molar-refractivity contribution < 1.29 is 9.13 Å². The summed E-state index contributed by atoms with van der Waals surface area (Å²) in [5, 5.41) is 7.39. The number of methoxy groups -OCH3 is 1. The minimum atomic E-state index is -0.364. The highest BCUT2D eigenvalue weighted by Gasteiger charge is 2.09. The molecule has 5 heteroatoms. The van der Waals surface area contributed by atoms with Crippen molar-refractivity contribution in [1.82, 2.24) is 9.78 Å². The summed E-state index contributed by atoms with van der Waals surface area (Å²) in [7, 11) is 3.32. The third-order valence-corrected chi connectivity index (χ3v) is 2.76. The van der Waals surface area contributed by atoms with E-state index in [4.69, 9.17) is 4.74 Å². The van der Waals surface area contributed by atoms with E-state index >= 15 is 0 Å². The van der Waals surface area contributed by atoms with Crippen LogP contribution in [0, 0.1) is 5.82 Å². The standard InChI is InChI=1S/C13H16FN3O/c1-9(10-7-15-17(2)8-10)16-11-4-5-12(14)13(6-11)18-3/h4-9,16H,1-3H3. The fourth-order valence-electron chi connectivity index (χ4n) is 1.75. The topological polar surface area (TPSA) is 39.1 Å². The second-order valence-corrected chi connectivity index (χ2v) is 4.16. The number of ether oxygens (including phenoxy) is 1. The first-order valence-corrected chi connectivity index (χ1v) is 5.69. The highest BCUT2D eigenvalue weighted by molar-refractivity contribution is 5.50. The molecule has 1 unspecified atom stereocenters. The van der Waals surface area contributed by atoms with Gasteiger partial charge in [0, 0.05) is 30.6 Å². The fraction of sp³-hybridized carbons (Fsp3) is 0.308. The molecule has 18 heavy (non-hydrogen) atoms. The van der Waals surface area contributed by atoms with Crippen LogP contribution in [-0.4, -0.2) is 16.9 Å². The second-order valence-electron chi connectivity index (χ2n) is 4.16. The van der Waals surface area contributed by atoms with Crippen molar-refractivity contribution in [2.75, 3.05) is 12.4 Å². The molecule has 0 amide bonds. The quantitative estimate of drug-likeness (QED) is 0.905. The molecule has 0 saturated carbocycles. The van der Waals surface area contributed by atoms with Crippen LogP contribution in [0.1, 0.15) is 18.5 Å². The minimum Gasteiger partial charge on any atom is -0.494 e. The number of anilines is 1. The monoisotopic (exact) mass is 249 g/mol. The van der Waals surface area contributed by atoms with Gasteiger partial charge in [0.15, 0.2) is 11.6 Å². The maximum atomic E-state index is 13.3. The predicted molar refractivity (Wildman–Crippen MR) is 68.2 cm³/mol. The van der Waals surface area contributed by atoms with E-state index in [0.29, 0.717) is 0 Å². The molecule has 0 spiro atoms. The van der Waals surface area contributed by atoms with E-state index in [9.17, 15) is 4.39 Å². The average molecular weight is 249 g/mol. The zero-order chi connectivity index (χ0) is 13.1. The lowest BCUT2D eigenvalue weighted by atomic mass is 10.2. The van der Waals surface area contributed by atoms with E-state index in [2.05, 4.69) is 10.4 Å². The number of benzene rings is 1. The zero-order valence-corrected chi connectivity index (χ0v) is 10.6. The molecule has 1 heterocycles. The maximum absolute atomic E-state index is 13.3. The Balaban J connectivity index is 2.14. The van der Waals surface area contributed by atoms with E-state index in [1.807, 2.05) is 20.2 Å². The molecular weight excluding hydrogens is 233 g/mol. The molecule has 1 atom stereocenters. The van der Waals surface area contributed by atoms with Gasteiger partial charge in [-0.05, 0) is 19.1 Å². The normalized spacial score (nSPS) is 12.2. The third-order valence-electron chi connectivity index (χ3n) is 2.76. The molecule has 1 aromatic carbocycles. The van der Waals surface area contributed by atoms with Crippen LogP contribution in [0.25, 0.3) is 0 Å². The van der Waals surface area contributed by atoms with Crippen LogP contribution < -0.4 is 10.1 Å². The van der Waals surface area contributed by atoms with E-state index in [-0.39, 0.29) is 17.6 Å². The van der Waals surface area contributed by atoms with Crippen LogP contribution in [-0.2, 0) is 7.05 Å². The first kappa shape index (κ1) is 12.4. The van der Waals surface area contributed by atoms with Gasteiger partial charge in [-0.3, -0.25) is 4.68 Å². The zero-order valence-electron chi connectivity index (χ0n) is 10.6. The highest BCUT2D eigenvalue weighted by atomic mass is 19.1. The van der Waals surface area contributed by atoms with Crippen molar-refractivity contribution in [2.45, 2.75) is 13.0 Å². The van der Waals surface area contributed by atoms with Gasteiger partial charge in [0.2, 0.25) is 0 Å². The van der Waals surface area contributed by atoms with Crippen molar-refractivity contribution in [3.8, 4) is 5.75 Å². The number of aromatic nitrogens is 2. The Morgan fingerprint density at radius 3 is 2.83 bits per heavy atom. The van der Waals surface area contributed by atoms with Gasteiger partial charge in [-0.15, -0.1) is 0 Å². The van der Waals surface area contributed by atoms with E-state index in [1.54, 1.807) is 23.0 Å². The van der Waals surface area contributed by atoms with Crippen LogP contribution in [0.5, 0.6) is 5.75 Å². The fourth-order valence-corrected chi connectivity index (χ4v) is 1.75. The van der Waals surface area contributed by atoms with Gasteiger partial charge >= 0.3 is 0 Å². The number of hydrogen-bond donors (Lipinski definition) is 1. The lowest BCUT2D eigenvalue weighted by molar-refractivity contribution is 0.387. The van der Waals surface area contributed by atoms with Crippen molar-refractivity contribution in [3.63, 3.8) is 0 Å². The summed E-state index contributed by atoms with van der Waals surface area (Å²) < 4.78 is 20.0. The first-order valence-electron chi connectivity index (χ1n) is 5.69. The third kappa shape index (κ3) is 2.61. The summed E-state index contributed by atoms with van der Waals surface area (Å²) in [5.41, 5.74) is 1.88. The van der Waals surface area contributed by atoms with E-state index < -0.39 is 0 Å². The van der Waals surface area contributed by atoms with Crippen LogP contribution in [0.15, 0.2) is 30.6 Å². The lowest BCUT2D eigenvalue weighted by Gasteiger charge is -2.14. The van der Waals surface area contributed by atoms with Gasteiger partial charge in [-0.25, -0.2) is 4.39 Å². The molecule has 1 N–H and O–H groups in total. The Morgan fingerprint density at radius 1 is 1.44 bits per heavy atom. The van der Waals surface area contributed by atoms with Gasteiger partial charge in [0.25, 0.3) is 0 Å². The molecule has 0 aliphatic carbocycles. The maximum Gasteiger partial charge on any atom is 0.165 e. The van der Waals surface area contributed by atoms with Crippen LogP contribution >= 0.6 is 0 Å². The summed E-state index contributed by atoms with van der Waals surface area (Å²) in [5.74, 6) is -0.129. The van der Waals surface area contributed by atoms with Gasteiger partial charge in [0.05, 0.1) is 19.3 Å². The summed E-state index contributed by atoms with van der Waals surface area (Å²) >= 11 is 0. The molecule has 0 aliphatic rings. The molecule has 1 aromatic heterocycles. The van der Waals surface area contributed by atoms with E-state index in [1.165, 1.54) is 13.2 Å². The Morgan fingerprint density at radius 2 is 2.22 bits per heavy atom. The molecule has 0 aliphatic heterocycles. The summed E-state index contributed by atoms with van der Waals surface area (Å²) in [6.07, 6.45) is 3.75. The van der Waals surface area contributed by atoms with Crippen LogP contribution in [0.4, 0.5) is 10.1 Å². The number of nitrogens with one attached hydrogen (secondary N) is 1. The number of hydrogen-bond acceptors (Lipinski definition) is 3. The lowest BCUT2D eigenvalue weighted by Crippen LogP contribution is -2.06. The van der Waals surface area contributed by atoms with Gasteiger partial charge in [-0.1, -0.05) is 0 Å². The first-order chi connectivity index (χ1) is 8.60. The molecule has 0 bridgehead atoms. The summed E-state index contributed by atoms with van der Waals surface area (Å²) in [4.78, 5) is 0. The van der Waals surface area contributed by atoms with Gasteiger partial charge < -0.3 is 10.1 Å². The second kappa shape index (κ2) is 5.08. The Hall–Kier alpha value is -2.04. The Labute approximate surface area is 105 Å². The summed E-state index contributed by atoms with van der Waals surface area (Å²) in [6.45, 7) is 2.02. The molecule has 0 radical (unpaired) electrons. The average Bonchev–Trinajstić information content (AvgIpc) is 2.78. The van der Waals surface area contributed by atoms with Crippen molar-refractivity contribution in [1.29, 1.82) is 0 Å². The van der Waals surface area contributed by atoms with E-state index in [0.717, 1.165) is 11.3 Å². The van der Waals surface area contributed by atoms with Crippen molar-refractivity contribution in [3.05, 3.63) is 42.0 Å². The molecular formula is C13H16FN3O. The van der Waals surface area contributed by atoms with Crippen LogP contribution in [0.2, 0.25) is 0 Å². The molecule has 2 aromatic rings. The number of nitrogens with zero attached hydrogens (tertiary/aromatic N) is 2. The molecule has 96 valence electrons. The van der Waals surface area contributed by atoms with Gasteiger partial charge in [0.1, 0.15) is 0 Å². The largest absolute Gasteiger partial charge is 0.494 e. The summed E-state index contributed by atoms with van der Waals surface area (Å²) in [6, 6.07) is 4.80. The molecule has 2 rings (SSSR count). The molecule has 0 fully saturated rings. The molecule has 0 saturated heterocycles.